The minimum Gasteiger partial charge on any atom is -0.480 e. The smallest absolute Gasteiger partial charge is 0.326 e. The Labute approximate surface area is 119 Å². The predicted molar refractivity (Wildman–Crippen MR) is 78.2 cm³/mol. The van der Waals surface area contributed by atoms with Crippen LogP contribution in [0.1, 0.15) is 32.3 Å². The van der Waals surface area contributed by atoms with Crippen molar-refractivity contribution in [2.45, 2.75) is 39.2 Å². The summed E-state index contributed by atoms with van der Waals surface area (Å²) in [7, 11) is 0. The molecule has 1 aromatic carbocycles. The third-order valence-corrected chi connectivity index (χ3v) is 3.42. The molecule has 0 saturated heterocycles. The number of anilines is 1. The van der Waals surface area contributed by atoms with Crippen molar-refractivity contribution < 1.29 is 14.7 Å². The van der Waals surface area contributed by atoms with E-state index in [9.17, 15) is 9.59 Å². The summed E-state index contributed by atoms with van der Waals surface area (Å²) >= 11 is 0. The summed E-state index contributed by atoms with van der Waals surface area (Å²) in [6, 6.07) is 6.48. The zero-order chi connectivity index (χ0) is 15.1. The van der Waals surface area contributed by atoms with Gasteiger partial charge in [-0.1, -0.05) is 32.4 Å². The van der Waals surface area contributed by atoms with Gasteiger partial charge in [0.15, 0.2) is 0 Å². The number of carbonyl (C=O) groups excluding carboxylic acids is 1. The molecule has 1 unspecified atom stereocenters. The van der Waals surface area contributed by atoms with Crippen LogP contribution in [0.3, 0.4) is 0 Å². The van der Waals surface area contributed by atoms with Gasteiger partial charge in [-0.2, -0.15) is 0 Å². The quantitative estimate of drug-likeness (QED) is 0.663. The Hall–Kier alpha value is -2.04. The first-order valence-electron chi connectivity index (χ1n) is 6.80. The number of aliphatic carboxylic acids is 1. The van der Waals surface area contributed by atoms with Gasteiger partial charge in [0.1, 0.15) is 6.04 Å². The second-order valence-corrected chi connectivity index (χ2v) is 5.01. The summed E-state index contributed by atoms with van der Waals surface area (Å²) in [6.07, 6.45) is 1.54. The number of carboxylic acids is 1. The molecule has 4 N–H and O–H groups in total. The molecule has 0 radical (unpaired) electrons. The number of hydrogen-bond donors (Lipinski definition) is 3. The van der Waals surface area contributed by atoms with Gasteiger partial charge in [0.2, 0.25) is 5.91 Å². The van der Waals surface area contributed by atoms with Crippen LogP contribution in [-0.2, 0) is 16.0 Å². The monoisotopic (exact) mass is 278 g/mol. The lowest BCUT2D eigenvalue weighted by Gasteiger charge is -2.20. The number of benzene rings is 1. The molecule has 0 aromatic heterocycles. The van der Waals surface area contributed by atoms with Crippen molar-refractivity contribution in [1.82, 2.24) is 5.32 Å². The minimum atomic E-state index is -0.986. The van der Waals surface area contributed by atoms with E-state index in [0.29, 0.717) is 18.5 Å². The Morgan fingerprint density at radius 3 is 2.40 bits per heavy atom. The van der Waals surface area contributed by atoms with E-state index >= 15 is 0 Å². The molecule has 0 fully saturated rings. The fourth-order valence-corrected chi connectivity index (χ4v) is 1.87. The van der Waals surface area contributed by atoms with Crippen molar-refractivity contribution >= 4 is 17.6 Å². The van der Waals surface area contributed by atoms with E-state index in [-0.39, 0.29) is 18.2 Å². The number of hydrogen-bond acceptors (Lipinski definition) is 3. The van der Waals surface area contributed by atoms with E-state index in [4.69, 9.17) is 10.8 Å². The summed E-state index contributed by atoms with van der Waals surface area (Å²) < 4.78 is 0. The van der Waals surface area contributed by atoms with Gasteiger partial charge in [-0.15, -0.1) is 0 Å². The summed E-state index contributed by atoms with van der Waals surface area (Å²) in [4.78, 5) is 22.9. The van der Waals surface area contributed by atoms with Crippen molar-refractivity contribution in [2.75, 3.05) is 5.73 Å². The van der Waals surface area contributed by atoms with Gasteiger partial charge in [0.25, 0.3) is 0 Å². The Kier molecular flexibility index (Phi) is 6.03. The molecule has 0 aliphatic rings. The molecular weight excluding hydrogens is 256 g/mol. The summed E-state index contributed by atoms with van der Waals surface area (Å²) in [5, 5.41) is 11.7. The van der Waals surface area contributed by atoms with Gasteiger partial charge < -0.3 is 16.2 Å². The molecule has 5 heteroatoms. The molecule has 2 atom stereocenters. The van der Waals surface area contributed by atoms with Crippen molar-refractivity contribution in [3.63, 3.8) is 0 Å². The first kappa shape index (κ1) is 16.0. The molecular formula is C15H22N2O3. The highest BCUT2D eigenvalue weighted by Gasteiger charge is 2.24. The van der Waals surface area contributed by atoms with Gasteiger partial charge in [0, 0.05) is 12.1 Å². The topological polar surface area (TPSA) is 92.4 Å². The van der Waals surface area contributed by atoms with E-state index in [1.165, 1.54) is 0 Å². The van der Waals surface area contributed by atoms with Crippen LogP contribution < -0.4 is 11.1 Å². The fourth-order valence-electron chi connectivity index (χ4n) is 1.87. The molecule has 0 aliphatic heterocycles. The minimum absolute atomic E-state index is 0.0898. The second-order valence-electron chi connectivity index (χ2n) is 5.01. The van der Waals surface area contributed by atoms with E-state index in [1.807, 2.05) is 26.0 Å². The van der Waals surface area contributed by atoms with Gasteiger partial charge in [-0.05, 0) is 30.0 Å². The van der Waals surface area contributed by atoms with E-state index in [2.05, 4.69) is 5.32 Å². The van der Waals surface area contributed by atoms with Gasteiger partial charge >= 0.3 is 5.97 Å². The van der Waals surface area contributed by atoms with Crippen LogP contribution in [0.15, 0.2) is 24.3 Å². The number of nitrogens with one attached hydrogen (secondary N) is 1. The Morgan fingerprint density at radius 1 is 1.30 bits per heavy atom. The fraction of sp³-hybridized carbons (Fsp3) is 0.467. The third kappa shape index (κ3) is 4.91. The average Bonchev–Trinajstić information content (AvgIpc) is 2.43. The van der Waals surface area contributed by atoms with Crippen molar-refractivity contribution in [3.05, 3.63) is 29.8 Å². The number of rotatable bonds is 7. The highest BCUT2D eigenvalue weighted by molar-refractivity contribution is 5.83. The van der Waals surface area contributed by atoms with Gasteiger partial charge in [-0.25, -0.2) is 4.79 Å². The van der Waals surface area contributed by atoms with Crippen LogP contribution >= 0.6 is 0 Å². The van der Waals surface area contributed by atoms with Crippen LogP contribution in [0.25, 0.3) is 0 Å². The van der Waals surface area contributed by atoms with Crippen molar-refractivity contribution in [1.29, 1.82) is 0 Å². The van der Waals surface area contributed by atoms with Gasteiger partial charge in [-0.3, -0.25) is 4.79 Å². The molecule has 0 heterocycles. The highest BCUT2D eigenvalue weighted by atomic mass is 16.4. The zero-order valence-corrected chi connectivity index (χ0v) is 11.9. The Bertz CT molecular complexity index is 457. The second kappa shape index (κ2) is 7.53. The lowest BCUT2D eigenvalue weighted by atomic mass is 9.99. The molecule has 1 rings (SSSR count). The van der Waals surface area contributed by atoms with Gasteiger partial charge in [0.05, 0.1) is 0 Å². The zero-order valence-electron chi connectivity index (χ0n) is 11.9. The standard InChI is InChI=1S/C15H22N2O3/c1-3-10(2)14(15(19)20)17-13(18)9-6-11-4-7-12(16)8-5-11/h4-5,7-8,10,14H,3,6,9,16H2,1-2H3,(H,17,18)(H,19,20)/t10?,14-/m0/s1. The number of nitrogen functional groups attached to an aromatic ring is 1. The number of carbonyl (C=O) groups is 2. The third-order valence-electron chi connectivity index (χ3n) is 3.42. The predicted octanol–water partition coefficient (Wildman–Crippen LogP) is 1.82. The van der Waals surface area contributed by atoms with E-state index in [1.54, 1.807) is 12.1 Å². The summed E-state index contributed by atoms with van der Waals surface area (Å²) in [5.74, 6) is -1.32. The number of nitrogens with two attached hydrogens (primary N) is 1. The maximum atomic E-state index is 11.8. The lowest BCUT2D eigenvalue weighted by Crippen LogP contribution is -2.45. The lowest BCUT2D eigenvalue weighted by molar-refractivity contribution is -0.143. The maximum Gasteiger partial charge on any atom is 0.326 e. The van der Waals surface area contributed by atoms with Crippen LogP contribution in [0, 0.1) is 5.92 Å². The number of amides is 1. The number of aryl methyl sites for hydroxylation is 1. The van der Waals surface area contributed by atoms with Crippen molar-refractivity contribution in [2.24, 2.45) is 5.92 Å². The Balaban J connectivity index is 2.49. The van der Waals surface area contributed by atoms with Crippen LogP contribution in [0.4, 0.5) is 5.69 Å². The van der Waals surface area contributed by atoms with E-state index < -0.39 is 12.0 Å². The largest absolute Gasteiger partial charge is 0.480 e. The van der Waals surface area contributed by atoms with Crippen LogP contribution in [0.5, 0.6) is 0 Å². The molecule has 110 valence electrons. The molecule has 20 heavy (non-hydrogen) atoms. The first-order valence-corrected chi connectivity index (χ1v) is 6.80. The van der Waals surface area contributed by atoms with Crippen molar-refractivity contribution in [3.8, 4) is 0 Å². The highest BCUT2D eigenvalue weighted by Crippen LogP contribution is 2.10. The molecule has 5 nitrogen and oxygen atoms in total. The SMILES string of the molecule is CCC(C)[C@H](NC(=O)CCc1ccc(N)cc1)C(=O)O. The maximum absolute atomic E-state index is 11.8. The molecule has 0 bridgehead atoms. The van der Waals surface area contributed by atoms with Crippen LogP contribution in [0.2, 0.25) is 0 Å². The van der Waals surface area contributed by atoms with Crippen LogP contribution in [-0.4, -0.2) is 23.0 Å². The molecule has 1 aromatic rings. The Morgan fingerprint density at radius 2 is 1.90 bits per heavy atom. The normalized spacial score (nSPS) is 13.5. The average molecular weight is 278 g/mol. The summed E-state index contributed by atoms with van der Waals surface area (Å²) in [5.41, 5.74) is 7.27. The van der Waals surface area contributed by atoms with E-state index in [0.717, 1.165) is 5.56 Å². The number of carboxylic acid groups (broad SMARTS) is 1. The summed E-state index contributed by atoms with van der Waals surface area (Å²) in [6.45, 7) is 3.72. The first-order chi connectivity index (χ1) is 9.43. The molecule has 1 amide bonds. The molecule has 0 aliphatic carbocycles. The molecule has 0 spiro atoms. The molecule has 0 saturated carbocycles.